The molecule has 0 saturated heterocycles. The molecule has 6 nitrogen and oxygen atoms in total. The third-order valence-electron chi connectivity index (χ3n) is 4.04. The maximum Gasteiger partial charge on any atom is 0.242 e. The van der Waals surface area contributed by atoms with Crippen molar-refractivity contribution >= 4 is 26.6 Å². The number of aromatic nitrogens is 2. The Balaban J connectivity index is 1.71. The molecule has 0 aliphatic heterocycles. The highest BCUT2D eigenvalue weighted by atomic mass is 32.2. The van der Waals surface area contributed by atoms with Crippen LogP contribution in [0.2, 0.25) is 0 Å². The number of hydrogen-bond acceptors (Lipinski definition) is 5. The summed E-state index contributed by atoms with van der Waals surface area (Å²) in [4.78, 5) is 8.59. The molecule has 0 saturated carbocycles. The molecule has 3 rings (SSSR count). The van der Waals surface area contributed by atoms with Crippen molar-refractivity contribution in [3.63, 3.8) is 0 Å². The number of nitrogens with zero attached hydrogens (tertiary/aromatic N) is 2. The predicted octanol–water partition coefficient (Wildman–Crippen LogP) is 2.64. The minimum atomic E-state index is -3.54. The number of rotatable bonds is 6. The van der Waals surface area contributed by atoms with E-state index >= 15 is 0 Å². The standard InChI is InChI=1S/C18H20N4O2S/c1-13-14(2)22-17-8-4-3-7-16(17)18(13)20-10-11-21-25(23,24)15-6-5-9-19-12-15/h3-9,12,21H,10-11H2,1-2H3,(H,20,22). The van der Waals surface area contributed by atoms with Gasteiger partial charge in [-0.25, -0.2) is 13.1 Å². The van der Waals surface area contributed by atoms with Crippen LogP contribution in [0, 0.1) is 13.8 Å². The smallest absolute Gasteiger partial charge is 0.242 e. The number of fused-ring (bicyclic) bond motifs is 1. The fourth-order valence-corrected chi connectivity index (χ4v) is 3.61. The Labute approximate surface area is 147 Å². The van der Waals surface area contributed by atoms with Crippen LogP contribution in [-0.4, -0.2) is 31.5 Å². The second kappa shape index (κ2) is 7.16. The summed E-state index contributed by atoms with van der Waals surface area (Å²) < 4.78 is 27.0. The number of anilines is 1. The first-order valence-electron chi connectivity index (χ1n) is 7.98. The quantitative estimate of drug-likeness (QED) is 0.663. The molecule has 0 spiro atoms. The number of pyridine rings is 2. The Kier molecular flexibility index (Phi) is 4.96. The molecule has 0 atom stereocenters. The van der Waals surface area contributed by atoms with E-state index in [0.717, 1.165) is 27.8 Å². The maximum atomic E-state index is 12.2. The van der Waals surface area contributed by atoms with E-state index in [9.17, 15) is 8.42 Å². The summed E-state index contributed by atoms with van der Waals surface area (Å²) in [7, 11) is -3.54. The summed E-state index contributed by atoms with van der Waals surface area (Å²) in [5.74, 6) is 0. The normalized spacial score (nSPS) is 11.6. The molecule has 0 amide bonds. The van der Waals surface area contributed by atoms with Crippen molar-refractivity contribution in [3.05, 3.63) is 60.0 Å². The molecular formula is C18H20N4O2S. The summed E-state index contributed by atoms with van der Waals surface area (Å²) in [6, 6.07) is 11.0. The number of aryl methyl sites for hydroxylation is 1. The minimum Gasteiger partial charge on any atom is -0.383 e. The van der Waals surface area contributed by atoms with Gasteiger partial charge in [-0.05, 0) is 37.6 Å². The molecule has 2 heterocycles. The van der Waals surface area contributed by atoms with Crippen LogP contribution in [0.15, 0.2) is 53.7 Å². The molecule has 2 aromatic heterocycles. The lowest BCUT2D eigenvalue weighted by atomic mass is 10.1. The Morgan fingerprint density at radius 2 is 1.84 bits per heavy atom. The minimum absolute atomic E-state index is 0.163. The van der Waals surface area contributed by atoms with Gasteiger partial charge < -0.3 is 5.32 Å². The fraction of sp³-hybridized carbons (Fsp3) is 0.222. The highest BCUT2D eigenvalue weighted by Crippen LogP contribution is 2.27. The van der Waals surface area contributed by atoms with Gasteiger partial charge in [-0.1, -0.05) is 18.2 Å². The van der Waals surface area contributed by atoms with Gasteiger partial charge in [0.2, 0.25) is 10.0 Å². The van der Waals surface area contributed by atoms with E-state index in [4.69, 9.17) is 0 Å². The third kappa shape index (κ3) is 3.78. The molecule has 25 heavy (non-hydrogen) atoms. The molecule has 0 radical (unpaired) electrons. The van der Waals surface area contributed by atoms with Crippen LogP contribution in [0.3, 0.4) is 0 Å². The van der Waals surface area contributed by atoms with Crippen LogP contribution in [0.5, 0.6) is 0 Å². The van der Waals surface area contributed by atoms with Crippen molar-refractivity contribution in [2.24, 2.45) is 0 Å². The summed E-state index contributed by atoms with van der Waals surface area (Å²) >= 11 is 0. The Hall–Kier alpha value is -2.51. The highest BCUT2D eigenvalue weighted by Gasteiger charge is 2.13. The summed E-state index contributed by atoms with van der Waals surface area (Å²) in [6.45, 7) is 4.72. The average Bonchev–Trinajstić information content (AvgIpc) is 2.62. The molecular weight excluding hydrogens is 336 g/mol. The zero-order valence-electron chi connectivity index (χ0n) is 14.2. The second-order valence-corrected chi connectivity index (χ2v) is 7.49. The molecule has 0 unspecified atom stereocenters. The molecule has 0 aliphatic carbocycles. The van der Waals surface area contributed by atoms with E-state index in [1.54, 1.807) is 12.3 Å². The van der Waals surface area contributed by atoms with Gasteiger partial charge in [0, 0.05) is 42.3 Å². The van der Waals surface area contributed by atoms with Crippen molar-refractivity contribution in [2.45, 2.75) is 18.7 Å². The first-order chi connectivity index (χ1) is 12.0. The number of benzene rings is 1. The molecule has 0 bridgehead atoms. The lowest BCUT2D eigenvalue weighted by Gasteiger charge is -2.15. The van der Waals surface area contributed by atoms with Gasteiger partial charge in [0.15, 0.2) is 0 Å². The van der Waals surface area contributed by atoms with Crippen LogP contribution in [0.25, 0.3) is 10.9 Å². The number of hydrogen-bond donors (Lipinski definition) is 2. The molecule has 7 heteroatoms. The Morgan fingerprint density at radius 1 is 1.04 bits per heavy atom. The summed E-state index contributed by atoms with van der Waals surface area (Å²) in [5.41, 5.74) is 3.93. The Morgan fingerprint density at radius 3 is 2.60 bits per heavy atom. The second-order valence-electron chi connectivity index (χ2n) is 5.73. The highest BCUT2D eigenvalue weighted by molar-refractivity contribution is 7.89. The van der Waals surface area contributed by atoms with Crippen LogP contribution in [-0.2, 0) is 10.0 Å². The van der Waals surface area contributed by atoms with Crippen molar-refractivity contribution < 1.29 is 8.42 Å². The first kappa shape index (κ1) is 17.3. The van der Waals surface area contributed by atoms with E-state index in [2.05, 4.69) is 20.0 Å². The van der Waals surface area contributed by atoms with Crippen LogP contribution in [0.1, 0.15) is 11.3 Å². The van der Waals surface area contributed by atoms with Gasteiger partial charge in [-0.3, -0.25) is 9.97 Å². The third-order valence-corrected chi connectivity index (χ3v) is 5.49. The van der Waals surface area contributed by atoms with Crippen molar-refractivity contribution in [3.8, 4) is 0 Å². The Bertz CT molecular complexity index is 989. The van der Waals surface area contributed by atoms with Crippen molar-refractivity contribution in [1.82, 2.24) is 14.7 Å². The lowest BCUT2D eigenvalue weighted by molar-refractivity contribution is 0.582. The fourth-order valence-electron chi connectivity index (χ4n) is 2.62. The van der Waals surface area contributed by atoms with Gasteiger partial charge in [0.25, 0.3) is 0 Å². The summed E-state index contributed by atoms with van der Waals surface area (Å²) in [6.07, 6.45) is 2.87. The van der Waals surface area contributed by atoms with Gasteiger partial charge >= 0.3 is 0 Å². The van der Waals surface area contributed by atoms with E-state index in [1.807, 2.05) is 38.1 Å². The van der Waals surface area contributed by atoms with Crippen LogP contribution in [0.4, 0.5) is 5.69 Å². The van der Waals surface area contributed by atoms with Crippen LogP contribution < -0.4 is 10.0 Å². The SMILES string of the molecule is Cc1nc2ccccc2c(NCCNS(=O)(=O)c2cccnc2)c1C. The monoisotopic (exact) mass is 356 g/mol. The van der Waals surface area contributed by atoms with Crippen LogP contribution >= 0.6 is 0 Å². The number of para-hydroxylation sites is 1. The molecule has 1 aromatic carbocycles. The van der Waals surface area contributed by atoms with E-state index < -0.39 is 10.0 Å². The van der Waals surface area contributed by atoms with E-state index in [0.29, 0.717) is 6.54 Å². The molecule has 3 aromatic rings. The van der Waals surface area contributed by atoms with Crippen molar-refractivity contribution in [2.75, 3.05) is 18.4 Å². The zero-order chi connectivity index (χ0) is 17.9. The van der Waals surface area contributed by atoms with Gasteiger partial charge in [-0.15, -0.1) is 0 Å². The zero-order valence-corrected chi connectivity index (χ0v) is 15.0. The average molecular weight is 356 g/mol. The predicted molar refractivity (Wildman–Crippen MR) is 99.1 cm³/mol. The molecule has 0 fully saturated rings. The van der Waals surface area contributed by atoms with Gasteiger partial charge in [-0.2, -0.15) is 0 Å². The van der Waals surface area contributed by atoms with E-state index in [-0.39, 0.29) is 11.4 Å². The van der Waals surface area contributed by atoms with Crippen molar-refractivity contribution in [1.29, 1.82) is 0 Å². The largest absolute Gasteiger partial charge is 0.383 e. The molecule has 2 N–H and O–H groups in total. The molecule has 0 aliphatic rings. The number of sulfonamides is 1. The first-order valence-corrected chi connectivity index (χ1v) is 9.47. The van der Waals surface area contributed by atoms with E-state index in [1.165, 1.54) is 12.3 Å². The summed E-state index contributed by atoms with van der Waals surface area (Å²) in [5, 5.41) is 4.37. The van der Waals surface area contributed by atoms with Gasteiger partial charge in [0.1, 0.15) is 4.90 Å². The maximum absolute atomic E-state index is 12.2. The van der Waals surface area contributed by atoms with Gasteiger partial charge in [0.05, 0.1) is 5.52 Å². The topological polar surface area (TPSA) is 84.0 Å². The molecule has 130 valence electrons. The lowest BCUT2D eigenvalue weighted by Crippen LogP contribution is -2.29. The number of nitrogens with one attached hydrogen (secondary N) is 2.